The van der Waals surface area contributed by atoms with Gasteiger partial charge < -0.3 is 9.84 Å². The fourth-order valence-electron chi connectivity index (χ4n) is 1.85. The number of carbonyl (C=O) groups is 1. The van der Waals surface area contributed by atoms with Crippen molar-refractivity contribution in [1.29, 1.82) is 0 Å². The minimum atomic E-state index is -2.99. The summed E-state index contributed by atoms with van der Waals surface area (Å²) in [6, 6.07) is 5.81. The molecule has 86 valence electrons. The minimum absolute atomic E-state index is 0.0855. The van der Waals surface area contributed by atoms with Crippen molar-refractivity contribution in [3.63, 3.8) is 0 Å². The number of carboxylic acid groups (broad SMARTS) is 1. The Kier molecular flexibility index (Phi) is 2.63. The average Bonchev–Trinajstić information content (AvgIpc) is 2.58. The van der Waals surface area contributed by atoms with Crippen molar-refractivity contribution in [2.45, 2.75) is 11.8 Å². The van der Waals surface area contributed by atoms with E-state index in [-0.39, 0.29) is 17.7 Å². The summed E-state index contributed by atoms with van der Waals surface area (Å²) >= 11 is 0. The standard InChI is InChI=1S/C11H10F2O3/c12-11(13)6-16-5-9(11)7-3-1-2-4-8(7)10(14)15/h1-4,9H,5-6H2,(H,14,15). The highest BCUT2D eigenvalue weighted by Gasteiger charge is 2.47. The van der Waals surface area contributed by atoms with Gasteiger partial charge in [0.1, 0.15) is 6.61 Å². The summed E-state index contributed by atoms with van der Waals surface area (Å²) in [6.45, 7) is -0.789. The Hall–Kier alpha value is -1.49. The second-order valence-corrected chi connectivity index (χ2v) is 3.72. The average molecular weight is 228 g/mol. The molecule has 1 unspecified atom stereocenters. The molecule has 2 rings (SSSR count). The van der Waals surface area contributed by atoms with Gasteiger partial charge in [-0.2, -0.15) is 0 Å². The van der Waals surface area contributed by atoms with Crippen LogP contribution in [0.4, 0.5) is 8.78 Å². The maximum atomic E-state index is 13.4. The number of hydrogen-bond donors (Lipinski definition) is 1. The molecule has 1 aromatic carbocycles. The fourth-order valence-corrected chi connectivity index (χ4v) is 1.85. The lowest BCUT2D eigenvalue weighted by Crippen LogP contribution is -2.26. The molecule has 1 heterocycles. The lowest BCUT2D eigenvalue weighted by Gasteiger charge is -2.18. The van der Waals surface area contributed by atoms with E-state index in [1.54, 1.807) is 6.07 Å². The van der Waals surface area contributed by atoms with Gasteiger partial charge in [0.25, 0.3) is 5.92 Å². The molecular weight excluding hydrogens is 218 g/mol. The molecule has 1 aliphatic rings. The van der Waals surface area contributed by atoms with Crippen LogP contribution < -0.4 is 0 Å². The summed E-state index contributed by atoms with van der Waals surface area (Å²) in [7, 11) is 0. The van der Waals surface area contributed by atoms with E-state index in [1.807, 2.05) is 0 Å². The van der Waals surface area contributed by atoms with E-state index >= 15 is 0 Å². The van der Waals surface area contributed by atoms with Crippen LogP contribution in [-0.4, -0.2) is 30.2 Å². The van der Waals surface area contributed by atoms with E-state index in [2.05, 4.69) is 0 Å². The number of rotatable bonds is 2. The molecule has 0 bridgehead atoms. The molecule has 1 atom stereocenters. The van der Waals surface area contributed by atoms with Gasteiger partial charge in [-0.05, 0) is 11.6 Å². The van der Waals surface area contributed by atoms with Crippen LogP contribution in [-0.2, 0) is 4.74 Å². The van der Waals surface area contributed by atoms with E-state index < -0.39 is 24.4 Å². The normalized spacial score (nSPS) is 23.2. The molecular formula is C11H10F2O3. The van der Waals surface area contributed by atoms with Crippen LogP contribution in [0.5, 0.6) is 0 Å². The highest BCUT2D eigenvalue weighted by Crippen LogP contribution is 2.39. The quantitative estimate of drug-likeness (QED) is 0.843. The molecule has 1 aliphatic heterocycles. The van der Waals surface area contributed by atoms with Gasteiger partial charge in [-0.15, -0.1) is 0 Å². The number of hydrogen-bond acceptors (Lipinski definition) is 2. The molecule has 0 saturated carbocycles. The summed E-state index contributed by atoms with van der Waals surface area (Å²) in [5.74, 6) is -5.36. The fraction of sp³-hybridized carbons (Fsp3) is 0.364. The van der Waals surface area contributed by atoms with Crippen molar-refractivity contribution >= 4 is 5.97 Å². The summed E-state index contributed by atoms with van der Waals surface area (Å²) in [4.78, 5) is 10.9. The first kappa shape index (κ1) is 11.0. The van der Waals surface area contributed by atoms with E-state index in [9.17, 15) is 13.6 Å². The predicted molar refractivity (Wildman–Crippen MR) is 51.9 cm³/mol. The van der Waals surface area contributed by atoms with Gasteiger partial charge in [0.05, 0.1) is 18.1 Å². The first-order chi connectivity index (χ1) is 7.52. The smallest absolute Gasteiger partial charge is 0.335 e. The van der Waals surface area contributed by atoms with Crippen molar-refractivity contribution < 1.29 is 23.4 Å². The maximum Gasteiger partial charge on any atom is 0.335 e. The molecule has 16 heavy (non-hydrogen) atoms. The molecule has 0 amide bonds. The lowest BCUT2D eigenvalue weighted by atomic mass is 9.91. The number of aromatic carboxylic acids is 1. The van der Waals surface area contributed by atoms with E-state index in [0.717, 1.165) is 0 Å². The van der Waals surface area contributed by atoms with Crippen LogP contribution in [0.15, 0.2) is 24.3 Å². The summed E-state index contributed by atoms with van der Waals surface area (Å²) < 4.78 is 31.6. The molecule has 1 aromatic rings. The Morgan fingerprint density at radius 3 is 2.69 bits per heavy atom. The number of halogens is 2. The van der Waals surface area contributed by atoms with Gasteiger partial charge in [0.2, 0.25) is 0 Å². The maximum absolute atomic E-state index is 13.4. The molecule has 5 heteroatoms. The minimum Gasteiger partial charge on any atom is -0.478 e. The zero-order valence-electron chi connectivity index (χ0n) is 8.32. The lowest BCUT2D eigenvalue weighted by molar-refractivity contribution is -0.0183. The van der Waals surface area contributed by atoms with Crippen LogP contribution in [0.25, 0.3) is 0 Å². The Balaban J connectivity index is 2.44. The predicted octanol–water partition coefficient (Wildman–Crippen LogP) is 2.13. The van der Waals surface area contributed by atoms with Crippen LogP contribution in [0.3, 0.4) is 0 Å². The van der Waals surface area contributed by atoms with Crippen LogP contribution in [0, 0.1) is 0 Å². The third-order valence-corrected chi connectivity index (χ3v) is 2.66. The Labute approximate surface area is 90.7 Å². The van der Waals surface area contributed by atoms with Crippen molar-refractivity contribution in [2.75, 3.05) is 13.2 Å². The zero-order valence-corrected chi connectivity index (χ0v) is 8.32. The van der Waals surface area contributed by atoms with Crippen molar-refractivity contribution in [1.82, 2.24) is 0 Å². The summed E-state index contributed by atoms with van der Waals surface area (Å²) in [5.41, 5.74) is 0.0511. The summed E-state index contributed by atoms with van der Waals surface area (Å²) in [5, 5.41) is 8.91. The number of benzene rings is 1. The Morgan fingerprint density at radius 1 is 1.44 bits per heavy atom. The van der Waals surface area contributed by atoms with Crippen LogP contribution in [0.2, 0.25) is 0 Å². The Bertz CT molecular complexity index is 417. The van der Waals surface area contributed by atoms with Gasteiger partial charge in [-0.3, -0.25) is 0 Å². The van der Waals surface area contributed by atoms with E-state index in [0.29, 0.717) is 0 Å². The first-order valence-corrected chi connectivity index (χ1v) is 4.80. The molecule has 3 nitrogen and oxygen atoms in total. The van der Waals surface area contributed by atoms with Crippen molar-refractivity contribution in [3.8, 4) is 0 Å². The zero-order chi connectivity index (χ0) is 11.8. The molecule has 1 N–H and O–H groups in total. The molecule has 0 spiro atoms. The number of carboxylic acids is 1. The number of alkyl halides is 2. The van der Waals surface area contributed by atoms with Gasteiger partial charge in [-0.25, -0.2) is 13.6 Å². The van der Waals surface area contributed by atoms with E-state index in [4.69, 9.17) is 9.84 Å². The van der Waals surface area contributed by atoms with Gasteiger partial charge in [0, 0.05) is 0 Å². The second-order valence-electron chi connectivity index (χ2n) is 3.72. The third kappa shape index (κ3) is 1.78. The summed E-state index contributed by atoms with van der Waals surface area (Å²) in [6.07, 6.45) is 0. The Morgan fingerprint density at radius 2 is 2.12 bits per heavy atom. The topological polar surface area (TPSA) is 46.5 Å². The second kappa shape index (κ2) is 3.83. The molecule has 0 aliphatic carbocycles. The van der Waals surface area contributed by atoms with Gasteiger partial charge >= 0.3 is 5.97 Å². The largest absolute Gasteiger partial charge is 0.478 e. The SMILES string of the molecule is O=C(O)c1ccccc1C1COCC1(F)F. The van der Waals surface area contributed by atoms with Crippen molar-refractivity contribution in [2.24, 2.45) is 0 Å². The molecule has 1 saturated heterocycles. The van der Waals surface area contributed by atoms with Gasteiger partial charge in [0.15, 0.2) is 0 Å². The van der Waals surface area contributed by atoms with Crippen molar-refractivity contribution in [3.05, 3.63) is 35.4 Å². The highest BCUT2D eigenvalue weighted by molar-refractivity contribution is 5.89. The highest BCUT2D eigenvalue weighted by atomic mass is 19.3. The molecule has 1 fully saturated rings. The molecule has 0 radical (unpaired) electrons. The van der Waals surface area contributed by atoms with E-state index in [1.165, 1.54) is 18.2 Å². The van der Waals surface area contributed by atoms with Crippen LogP contribution in [0.1, 0.15) is 21.8 Å². The van der Waals surface area contributed by atoms with Gasteiger partial charge in [-0.1, -0.05) is 18.2 Å². The molecule has 0 aromatic heterocycles. The first-order valence-electron chi connectivity index (χ1n) is 4.80. The number of ether oxygens (including phenoxy) is 1. The monoisotopic (exact) mass is 228 g/mol. The third-order valence-electron chi connectivity index (χ3n) is 2.66. The van der Waals surface area contributed by atoms with Crippen LogP contribution >= 0.6 is 0 Å².